The maximum Gasteiger partial charge on any atom is 0.379 e. The third-order valence-corrected chi connectivity index (χ3v) is 1.25. The molecule has 55 valence electrons. The highest BCUT2D eigenvalue weighted by atomic mass is 32.2. The molecule has 0 heterocycles. The Labute approximate surface area is 54.6 Å². The summed E-state index contributed by atoms with van der Waals surface area (Å²) in [5, 5.41) is 0. The van der Waals surface area contributed by atoms with Crippen LogP contribution in [0.25, 0.3) is 0 Å². The van der Waals surface area contributed by atoms with Crippen molar-refractivity contribution in [2.75, 3.05) is 12.0 Å². The molecule has 0 aliphatic carbocycles. The summed E-state index contributed by atoms with van der Waals surface area (Å²) in [6, 6.07) is 0. The van der Waals surface area contributed by atoms with Crippen LogP contribution in [-0.2, 0) is 0 Å². The first-order valence-electron chi connectivity index (χ1n) is 2.06. The van der Waals surface area contributed by atoms with Gasteiger partial charge in [-0.25, -0.2) is 0 Å². The molecule has 0 aromatic heterocycles. The predicted molar refractivity (Wildman–Crippen MR) is 28.8 cm³/mol. The molecule has 1 radical (unpaired) electrons. The van der Waals surface area contributed by atoms with Crippen LogP contribution in [-0.4, -0.2) is 17.9 Å². The Balaban J connectivity index is 3.70. The van der Waals surface area contributed by atoms with E-state index >= 15 is 0 Å². The van der Waals surface area contributed by atoms with E-state index in [1.54, 1.807) is 0 Å². The Morgan fingerprint density at radius 1 is 1.44 bits per heavy atom. The first kappa shape index (κ1) is 9.07. The van der Waals surface area contributed by atoms with Crippen molar-refractivity contribution in [2.45, 2.75) is 5.92 Å². The number of hydrogen-bond acceptors (Lipinski definition) is 1. The lowest BCUT2D eigenvalue weighted by Crippen LogP contribution is -2.23. The van der Waals surface area contributed by atoms with Crippen LogP contribution in [0.15, 0.2) is 0 Å². The lowest BCUT2D eigenvalue weighted by atomic mass is 10.4. The molecular formula is C4H5F4S. The van der Waals surface area contributed by atoms with Gasteiger partial charge in [0.1, 0.15) is 0 Å². The maximum atomic E-state index is 11.7. The zero-order valence-electron chi connectivity index (χ0n) is 4.63. The smallest absolute Gasteiger partial charge is 0.199 e. The molecule has 0 nitrogen and oxygen atoms in total. The molecule has 0 bridgehead atoms. The summed E-state index contributed by atoms with van der Waals surface area (Å²) in [4.78, 5) is 0. The zero-order chi connectivity index (χ0) is 7.49. The van der Waals surface area contributed by atoms with E-state index in [1.807, 2.05) is 0 Å². The van der Waals surface area contributed by atoms with E-state index in [-0.39, 0.29) is 0 Å². The molecule has 0 aliphatic heterocycles. The number of alkyl halides is 2. The molecule has 5 heteroatoms. The van der Waals surface area contributed by atoms with Crippen LogP contribution in [0, 0.1) is 6.43 Å². The fourth-order valence-corrected chi connectivity index (χ4v) is 0.707. The molecule has 0 aliphatic rings. The standard InChI is InChI=1S/C4H5F4S/c1-9-2-4(7,8)3(5)6/h2H2,1H3. The first-order valence-corrected chi connectivity index (χ1v) is 3.45. The van der Waals surface area contributed by atoms with Gasteiger partial charge in [0.25, 0.3) is 0 Å². The number of thioether (sulfide) groups is 1. The van der Waals surface area contributed by atoms with Gasteiger partial charge in [0.15, 0.2) is 0 Å². The second-order valence-electron chi connectivity index (χ2n) is 1.40. The minimum absolute atomic E-state index is 0.686. The van der Waals surface area contributed by atoms with Crippen molar-refractivity contribution in [3.63, 3.8) is 0 Å². The van der Waals surface area contributed by atoms with Crippen LogP contribution in [0.5, 0.6) is 0 Å². The summed E-state index contributed by atoms with van der Waals surface area (Å²) in [5.41, 5.74) is 0. The van der Waals surface area contributed by atoms with Crippen LogP contribution in [0.2, 0.25) is 0 Å². The van der Waals surface area contributed by atoms with Gasteiger partial charge in [0.05, 0.1) is 5.75 Å². The molecule has 0 N–H and O–H groups in total. The number of hydrogen-bond donors (Lipinski definition) is 0. The Kier molecular flexibility index (Phi) is 3.32. The van der Waals surface area contributed by atoms with E-state index in [4.69, 9.17) is 0 Å². The molecule has 0 spiro atoms. The van der Waals surface area contributed by atoms with Crippen molar-refractivity contribution in [3.8, 4) is 0 Å². The van der Waals surface area contributed by atoms with E-state index in [9.17, 15) is 17.6 Å². The second kappa shape index (κ2) is 3.29. The van der Waals surface area contributed by atoms with E-state index in [0.29, 0.717) is 11.8 Å². The lowest BCUT2D eigenvalue weighted by Gasteiger charge is -2.10. The third-order valence-electron chi connectivity index (χ3n) is 0.602. The fourth-order valence-electron chi connectivity index (χ4n) is 0.236. The molecule has 0 aromatic carbocycles. The van der Waals surface area contributed by atoms with Crippen LogP contribution < -0.4 is 0 Å². The summed E-state index contributed by atoms with van der Waals surface area (Å²) in [7, 11) is 0. The van der Waals surface area contributed by atoms with Crippen LogP contribution in [0.3, 0.4) is 0 Å². The third kappa shape index (κ3) is 2.93. The molecule has 0 saturated carbocycles. The second-order valence-corrected chi connectivity index (χ2v) is 2.26. The molecule has 0 saturated heterocycles. The average Bonchev–Trinajstić information content (AvgIpc) is 1.65. The van der Waals surface area contributed by atoms with Crippen molar-refractivity contribution in [3.05, 3.63) is 6.43 Å². The van der Waals surface area contributed by atoms with E-state index in [2.05, 4.69) is 0 Å². The first-order chi connectivity index (χ1) is 4.00. The lowest BCUT2D eigenvalue weighted by molar-refractivity contribution is -0.0381. The molecule has 0 amide bonds. The Bertz CT molecular complexity index is 82.6. The highest BCUT2D eigenvalue weighted by Gasteiger charge is 2.42. The monoisotopic (exact) mass is 161 g/mol. The van der Waals surface area contributed by atoms with E-state index < -0.39 is 18.1 Å². The summed E-state index contributed by atoms with van der Waals surface area (Å²) >= 11 is 0.686. The zero-order valence-corrected chi connectivity index (χ0v) is 5.44. The quantitative estimate of drug-likeness (QED) is 0.573. The number of halogens is 4. The predicted octanol–water partition coefficient (Wildman–Crippen LogP) is 2.41. The summed E-state index contributed by atoms with van der Waals surface area (Å²) in [6.07, 6.45) is -1.46. The maximum absolute atomic E-state index is 11.7. The minimum atomic E-state index is -3.90. The van der Waals surface area contributed by atoms with Gasteiger partial charge in [-0.05, 0) is 6.26 Å². The van der Waals surface area contributed by atoms with E-state index in [0.717, 1.165) is 0 Å². The van der Waals surface area contributed by atoms with Gasteiger partial charge in [-0.15, -0.1) is 0 Å². The summed E-state index contributed by atoms with van der Waals surface area (Å²) in [6.45, 7) is 0. The van der Waals surface area contributed by atoms with Crippen LogP contribution >= 0.6 is 11.8 Å². The van der Waals surface area contributed by atoms with Crippen molar-refractivity contribution in [1.82, 2.24) is 0 Å². The van der Waals surface area contributed by atoms with Gasteiger partial charge < -0.3 is 0 Å². The van der Waals surface area contributed by atoms with Crippen molar-refractivity contribution in [1.29, 1.82) is 0 Å². The Morgan fingerprint density at radius 2 is 1.89 bits per heavy atom. The fraction of sp³-hybridized carbons (Fsp3) is 0.750. The summed E-state index contributed by atoms with van der Waals surface area (Å²) in [5.74, 6) is -4.76. The molecule has 0 aromatic rings. The van der Waals surface area contributed by atoms with Gasteiger partial charge in [0, 0.05) is 0 Å². The van der Waals surface area contributed by atoms with Crippen molar-refractivity contribution in [2.24, 2.45) is 0 Å². The largest absolute Gasteiger partial charge is 0.379 e. The van der Waals surface area contributed by atoms with Crippen LogP contribution in [0.1, 0.15) is 0 Å². The van der Waals surface area contributed by atoms with Crippen molar-refractivity contribution >= 4 is 11.8 Å². The van der Waals surface area contributed by atoms with Gasteiger partial charge in [-0.2, -0.15) is 29.3 Å². The molecule has 9 heavy (non-hydrogen) atoms. The normalized spacial score (nSPS) is 12.7. The highest BCUT2D eigenvalue weighted by Crippen LogP contribution is 2.31. The molecule has 0 rings (SSSR count). The molecule has 0 atom stereocenters. The van der Waals surface area contributed by atoms with Crippen molar-refractivity contribution < 1.29 is 17.6 Å². The molecule has 0 unspecified atom stereocenters. The van der Waals surface area contributed by atoms with Gasteiger partial charge in [-0.3, -0.25) is 0 Å². The topological polar surface area (TPSA) is 0 Å². The Hall–Kier alpha value is 0.0700. The SMILES string of the molecule is CSCC(F)(F)[C](F)F. The highest BCUT2D eigenvalue weighted by molar-refractivity contribution is 7.98. The van der Waals surface area contributed by atoms with Crippen LogP contribution in [0.4, 0.5) is 17.6 Å². The molecular weight excluding hydrogens is 156 g/mol. The van der Waals surface area contributed by atoms with E-state index in [1.165, 1.54) is 6.26 Å². The molecule has 0 fully saturated rings. The average molecular weight is 161 g/mol. The van der Waals surface area contributed by atoms with Gasteiger partial charge in [-0.1, -0.05) is 0 Å². The van der Waals surface area contributed by atoms with Gasteiger partial charge in [0.2, 0.25) is 0 Å². The number of rotatable bonds is 3. The minimum Gasteiger partial charge on any atom is -0.199 e. The van der Waals surface area contributed by atoms with Gasteiger partial charge >= 0.3 is 12.3 Å². The Morgan fingerprint density at radius 3 is 2.00 bits per heavy atom. The summed E-state index contributed by atoms with van der Waals surface area (Å²) < 4.78 is 45.8.